The highest BCUT2D eigenvalue weighted by Gasteiger charge is 2.20. The van der Waals surface area contributed by atoms with Gasteiger partial charge in [-0.25, -0.2) is 0 Å². The van der Waals surface area contributed by atoms with E-state index in [2.05, 4.69) is 54.4 Å². The fourth-order valence-corrected chi connectivity index (χ4v) is 3.64. The molecule has 0 unspecified atom stereocenters. The monoisotopic (exact) mass is 404 g/mol. The molecule has 0 atom stereocenters. The summed E-state index contributed by atoms with van der Waals surface area (Å²) in [6, 6.07) is 16.5. The van der Waals surface area contributed by atoms with E-state index in [0.717, 1.165) is 35.6 Å². The maximum absolute atomic E-state index is 12.6. The van der Waals surface area contributed by atoms with Crippen LogP contribution in [0.2, 0.25) is 0 Å². The Morgan fingerprint density at radius 2 is 1.83 bits per heavy atom. The number of amides is 1. The molecule has 6 nitrogen and oxygen atoms in total. The van der Waals surface area contributed by atoms with E-state index in [0.29, 0.717) is 19.8 Å². The highest BCUT2D eigenvalue weighted by molar-refractivity contribution is 5.78. The van der Waals surface area contributed by atoms with Crippen molar-refractivity contribution in [3.63, 3.8) is 0 Å². The lowest BCUT2D eigenvalue weighted by atomic mass is 10.1. The van der Waals surface area contributed by atoms with Crippen molar-refractivity contribution < 1.29 is 9.53 Å². The predicted molar refractivity (Wildman–Crippen MR) is 118 cm³/mol. The molecule has 0 bridgehead atoms. The lowest BCUT2D eigenvalue weighted by molar-refractivity contribution is -0.122. The Morgan fingerprint density at radius 3 is 2.57 bits per heavy atom. The van der Waals surface area contributed by atoms with Gasteiger partial charge in [-0.15, -0.1) is 0 Å². The SMILES string of the molecule is Cc1ccc(CNC(=O)Cn2cc(-c3ccccc3)c(N3CCOCC3)n2)cc1C. The third-order valence-electron chi connectivity index (χ3n) is 5.50. The number of ether oxygens (including phenoxy) is 1. The number of benzene rings is 2. The fraction of sp³-hybridized carbons (Fsp3) is 0.333. The number of morpholine rings is 1. The number of carbonyl (C=O) groups excluding carboxylic acids is 1. The molecule has 2 aromatic carbocycles. The summed E-state index contributed by atoms with van der Waals surface area (Å²) in [5.74, 6) is 0.857. The number of nitrogens with one attached hydrogen (secondary N) is 1. The molecule has 1 amide bonds. The average molecular weight is 405 g/mol. The van der Waals surface area contributed by atoms with Crippen molar-refractivity contribution in [3.8, 4) is 11.1 Å². The van der Waals surface area contributed by atoms with Gasteiger partial charge in [0.2, 0.25) is 5.91 Å². The zero-order valence-electron chi connectivity index (χ0n) is 17.6. The Morgan fingerprint density at radius 1 is 1.07 bits per heavy atom. The third kappa shape index (κ3) is 4.71. The summed E-state index contributed by atoms with van der Waals surface area (Å²) in [7, 11) is 0. The van der Waals surface area contributed by atoms with Crippen molar-refractivity contribution in [2.45, 2.75) is 26.9 Å². The molecular weight excluding hydrogens is 376 g/mol. The summed E-state index contributed by atoms with van der Waals surface area (Å²) in [5.41, 5.74) is 5.73. The molecule has 1 aromatic heterocycles. The van der Waals surface area contributed by atoms with Crippen molar-refractivity contribution in [3.05, 3.63) is 71.4 Å². The van der Waals surface area contributed by atoms with Crippen LogP contribution < -0.4 is 10.2 Å². The molecule has 1 aliphatic rings. The Bertz CT molecular complexity index is 1010. The van der Waals surface area contributed by atoms with Crippen LogP contribution in [0.3, 0.4) is 0 Å². The van der Waals surface area contributed by atoms with E-state index >= 15 is 0 Å². The molecule has 3 aromatic rings. The number of rotatable bonds is 6. The first kappa shape index (κ1) is 20.2. The standard InChI is InChI=1S/C24H28N4O2/c1-18-8-9-20(14-19(18)2)15-25-23(29)17-28-16-22(21-6-4-3-5-7-21)24(26-28)27-10-12-30-13-11-27/h3-9,14,16H,10-13,15,17H2,1-2H3,(H,25,29). The number of carbonyl (C=O) groups is 1. The lowest BCUT2D eigenvalue weighted by Gasteiger charge is -2.27. The molecule has 1 aliphatic heterocycles. The van der Waals surface area contributed by atoms with Crippen LogP contribution in [0.5, 0.6) is 0 Å². The molecule has 0 saturated carbocycles. The molecule has 1 fully saturated rings. The molecular formula is C24H28N4O2. The first-order valence-corrected chi connectivity index (χ1v) is 10.4. The Kier molecular flexibility index (Phi) is 6.14. The number of aromatic nitrogens is 2. The Balaban J connectivity index is 1.48. The quantitative estimate of drug-likeness (QED) is 0.685. The smallest absolute Gasteiger partial charge is 0.241 e. The van der Waals surface area contributed by atoms with Gasteiger partial charge >= 0.3 is 0 Å². The third-order valence-corrected chi connectivity index (χ3v) is 5.50. The molecule has 30 heavy (non-hydrogen) atoms. The maximum Gasteiger partial charge on any atom is 0.241 e. The molecule has 2 heterocycles. The van der Waals surface area contributed by atoms with Gasteiger partial charge in [0.1, 0.15) is 6.54 Å². The normalized spacial score (nSPS) is 14.0. The molecule has 4 rings (SSSR count). The van der Waals surface area contributed by atoms with Crippen LogP contribution in [0, 0.1) is 13.8 Å². The van der Waals surface area contributed by atoms with E-state index in [1.807, 2.05) is 24.4 Å². The number of aryl methyl sites for hydroxylation is 2. The second kappa shape index (κ2) is 9.13. The van der Waals surface area contributed by atoms with Gasteiger partial charge in [0.25, 0.3) is 0 Å². The number of anilines is 1. The van der Waals surface area contributed by atoms with Gasteiger partial charge in [-0.2, -0.15) is 5.10 Å². The van der Waals surface area contributed by atoms with Gasteiger partial charge in [0.05, 0.1) is 13.2 Å². The van der Waals surface area contributed by atoms with Gasteiger partial charge in [-0.3, -0.25) is 9.48 Å². The summed E-state index contributed by atoms with van der Waals surface area (Å²) in [5, 5.41) is 7.77. The largest absolute Gasteiger partial charge is 0.378 e. The van der Waals surface area contributed by atoms with E-state index in [-0.39, 0.29) is 12.5 Å². The van der Waals surface area contributed by atoms with Crippen LogP contribution >= 0.6 is 0 Å². The van der Waals surface area contributed by atoms with Crippen LogP contribution in [0.15, 0.2) is 54.7 Å². The lowest BCUT2D eigenvalue weighted by Crippen LogP contribution is -2.37. The highest BCUT2D eigenvalue weighted by atomic mass is 16.5. The first-order valence-electron chi connectivity index (χ1n) is 10.4. The van der Waals surface area contributed by atoms with Crippen molar-refractivity contribution in [1.29, 1.82) is 0 Å². The van der Waals surface area contributed by atoms with Crippen molar-refractivity contribution in [2.75, 3.05) is 31.2 Å². The van der Waals surface area contributed by atoms with Crippen LogP contribution in [0.1, 0.15) is 16.7 Å². The maximum atomic E-state index is 12.6. The van der Waals surface area contributed by atoms with Gasteiger partial charge in [-0.05, 0) is 36.1 Å². The summed E-state index contributed by atoms with van der Waals surface area (Å²) < 4.78 is 7.23. The number of hydrogen-bond acceptors (Lipinski definition) is 4. The average Bonchev–Trinajstić information content (AvgIpc) is 3.19. The fourth-order valence-electron chi connectivity index (χ4n) is 3.64. The van der Waals surface area contributed by atoms with Crippen molar-refractivity contribution in [2.24, 2.45) is 0 Å². The molecule has 0 radical (unpaired) electrons. The molecule has 0 spiro atoms. The van der Waals surface area contributed by atoms with Crippen LogP contribution in [-0.4, -0.2) is 42.0 Å². The van der Waals surface area contributed by atoms with Crippen molar-refractivity contribution >= 4 is 11.7 Å². The summed E-state index contributed by atoms with van der Waals surface area (Å²) in [4.78, 5) is 14.8. The van der Waals surface area contributed by atoms with Gasteiger partial charge < -0.3 is 15.0 Å². The molecule has 1 N–H and O–H groups in total. The summed E-state index contributed by atoms with van der Waals surface area (Å²) in [6.45, 7) is 7.87. The van der Waals surface area contributed by atoms with E-state index < -0.39 is 0 Å². The minimum Gasteiger partial charge on any atom is -0.378 e. The topological polar surface area (TPSA) is 59.4 Å². The minimum absolute atomic E-state index is 0.0520. The number of nitrogens with zero attached hydrogens (tertiary/aromatic N) is 3. The second-order valence-corrected chi connectivity index (χ2v) is 7.72. The zero-order valence-corrected chi connectivity index (χ0v) is 17.6. The number of hydrogen-bond donors (Lipinski definition) is 1. The zero-order chi connectivity index (χ0) is 20.9. The summed E-state index contributed by atoms with van der Waals surface area (Å²) in [6.07, 6.45) is 1.97. The van der Waals surface area contributed by atoms with Gasteiger partial charge in [-0.1, -0.05) is 48.5 Å². The predicted octanol–water partition coefficient (Wildman–Crippen LogP) is 3.32. The highest BCUT2D eigenvalue weighted by Crippen LogP contribution is 2.30. The van der Waals surface area contributed by atoms with Gasteiger partial charge in [0, 0.05) is 31.4 Å². The van der Waals surface area contributed by atoms with Crippen molar-refractivity contribution in [1.82, 2.24) is 15.1 Å². The van der Waals surface area contributed by atoms with E-state index in [4.69, 9.17) is 9.84 Å². The molecule has 1 saturated heterocycles. The first-order chi connectivity index (χ1) is 14.6. The second-order valence-electron chi connectivity index (χ2n) is 7.72. The van der Waals surface area contributed by atoms with E-state index in [1.54, 1.807) is 4.68 Å². The molecule has 6 heteroatoms. The Hall–Kier alpha value is -3.12. The van der Waals surface area contributed by atoms with E-state index in [1.165, 1.54) is 11.1 Å². The molecule has 156 valence electrons. The molecule has 0 aliphatic carbocycles. The Labute approximate surface area is 177 Å². The van der Waals surface area contributed by atoms with Crippen LogP contribution in [0.4, 0.5) is 5.82 Å². The van der Waals surface area contributed by atoms with Crippen LogP contribution in [0.25, 0.3) is 11.1 Å². The minimum atomic E-state index is -0.0520. The van der Waals surface area contributed by atoms with Crippen LogP contribution in [-0.2, 0) is 22.6 Å². The van der Waals surface area contributed by atoms with Gasteiger partial charge in [0.15, 0.2) is 5.82 Å². The summed E-state index contributed by atoms with van der Waals surface area (Å²) >= 11 is 0. The van der Waals surface area contributed by atoms with E-state index in [9.17, 15) is 4.79 Å².